The zero-order chi connectivity index (χ0) is 33.5. The molecule has 0 aromatic heterocycles. The number of amides is 4. The van der Waals surface area contributed by atoms with Crippen molar-refractivity contribution in [1.29, 1.82) is 0 Å². The average Bonchev–Trinajstić information content (AvgIpc) is 2.97. The second-order valence-corrected chi connectivity index (χ2v) is 10.3. The van der Waals surface area contributed by atoms with Gasteiger partial charge in [0.15, 0.2) is 5.96 Å². The first-order valence-corrected chi connectivity index (χ1v) is 14.0. The van der Waals surface area contributed by atoms with Crippen molar-refractivity contribution in [2.45, 2.75) is 62.7 Å². The number of carbonyl (C=O) groups excluding carboxylic acids is 4. The number of hydrogen-bond donors (Lipinski definition) is 10. The van der Waals surface area contributed by atoms with Gasteiger partial charge in [0.2, 0.25) is 23.6 Å². The number of primary amides is 1. The number of aliphatic imine (C=N–C) groups is 1. The zero-order valence-corrected chi connectivity index (χ0v) is 24.5. The molecule has 0 aliphatic carbocycles. The van der Waals surface area contributed by atoms with Crippen LogP contribution in [-0.4, -0.2) is 81.6 Å². The van der Waals surface area contributed by atoms with E-state index in [0.717, 1.165) is 0 Å². The molecular weight excluding hydrogens is 588 g/mol. The van der Waals surface area contributed by atoms with Gasteiger partial charge in [-0.1, -0.05) is 24.3 Å². The van der Waals surface area contributed by atoms with Crippen molar-refractivity contribution in [3.8, 4) is 11.5 Å². The fourth-order valence-corrected chi connectivity index (χ4v) is 4.20. The monoisotopic (exact) mass is 628 g/mol. The minimum Gasteiger partial charge on any atom is -0.508 e. The smallest absolute Gasteiger partial charge is 0.326 e. The van der Waals surface area contributed by atoms with Crippen LogP contribution in [0.3, 0.4) is 0 Å². The Balaban J connectivity index is 2.27. The van der Waals surface area contributed by atoms with Crippen LogP contribution in [0.1, 0.15) is 36.8 Å². The third kappa shape index (κ3) is 13.2. The molecule has 0 aliphatic heterocycles. The molecule has 4 unspecified atom stereocenters. The van der Waals surface area contributed by atoms with E-state index in [1.807, 2.05) is 0 Å². The SMILES string of the molecule is NC(=O)CCC(NC(=O)C(Cc1ccc(O)cc1)NC(=O)C(CCCN=C(N)N)NC(=O)C(N)Cc1ccc(O)cc1)C(=O)O. The van der Waals surface area contributed by atoms with Crippen LogP contribution in [0.15, 0.2) is 53.5 Å². The van der Waals surface area contributed by atoms with Crippen molar-refractivity contribution >= 4 is 35.6 Å². The maximum absolute atomic E-state index is 13.5. The Kier molecular flexibility index (Phi) is 14.1. The van der Waals surface area contributed by atoms with Gasteiger partial charge in [-0.2, -0.15) is 0 Å². The van der Waals surface area contributed by atoms with Crippen LogP contribution in [0.2, 0.25) is 0 Å². The first-order chi connectivity index (χ1) is 21.2. The van der Waals surface area contributed by atoms with Crippen molar-refractivity contribution in [3.63, 3.8) is 0 Å². The predicted octanol–water partition coefficient (Wildman–Crippen LogP) is -1.93. The van der Waals surface area contributed by atoms with Gasteiger partial charge in [0.1, 0.15) is 29.6 Å². The molecule has 45 heavy (non-hydrogen) atoms. The number of aliphatic carboxylic acids is 1. The number of benzene rings is 2. The minimum atomic E-state index is -1.47. The lowest BCUT2D eigenvalue weighted by Crippen LogP contribution is -2.57. The summed E-state index contributed by atoms with van der Waals surface area (Å²) in [5.74, 6) is -4.63. The Hall–Kier alpha value is -5.38. The Labute approximate surface area is 259 Å². The van der Waals surface area contributed by atoms with E-state index in [-0.39, 0.29) is 62.5 Å². The molecule has 16 nitrogen and oxygen atoms in total. The zero-order valence-electron chi connectivity index (χ0n) is 24.5. The molecule has 0 aliphatic rings. The second-order valence-electron chi connectivity index (χ2n) is 10.3. The van der Waals surface area contributed by atoms with Gasteiger partial charge in [-0.3, -0.25) is 24.2 Å². The number of guanidine groups is 1. The normalized spacial score (nSPS) is 13.4. The summed E-state index contributed by atoms with van der Waals surface area (Å²) in [7, 11) is 0. The first-order valence-electron chi connectivity index (χ1n) is 14.0. The van der Waals surface area contributed by atoms with Crippen LogP contribution >= 0.6 is 0 Å². The maximum atomic E-state index is 13.5. The van der Waals surface area contributed by atoms with Gasteiger partial charge >= 0.3 is 5.97 Å². The molecule has 0 spiro atoms. The van der Waals surface area contributed by atoms with E-state index in [2.05, 4.69) is 20.9 Å². The van der Waals surface area contributed by atoms with Crippen LogP contribution < -0.4 is 38.9 Å². The Morgan fingerprint density at radius 2 is 1.18 bits per heavy atom. The summed E-state index contributed by atoms with van der Waals surface area (Å²) in [6, 6.07) is 6.80. The van der Waals surface area contributed by atoms with Gasteiger partial charge in [-0.05, 0) is 61.1 Å². The predicted molar refractivity (Wildman–Crippen MR) is 163 cm³/mol. The van der Waals surface area contributed by atoms with E-state index in [0.29, 0.717) is 11.1 Å². The molecule has 4 amide bonds. The largest absolute Gasteiger partial charge is 0.508 e. The van der Waals surface area contributed by atoms with Gasteiger partial charge in [0.25, 0.3) is 0 Å². The van der Waals surface area contributed by atoms with Crippen LogP contribution in [-0.2, 0) is 36.8 Å². The quantitative estimate of drug-likeness (QED) is 0.0492. The molecule has 2 rings (SSSR count). The summed E-state index contributed by atoms with van der Waals surface area (Å²) in [6.07, 6.45) is -0.298. The molecule has 14 N–H and O–H groups in total. The molecule has 2 aromatic rings. The number of phenolic OH excluding ortho intramolecular Hbond substituents is 2. The Morgan fingerprint density at radius 3 is 1.69 bits per heavy atom. The molecule has 16 heteroatoms. The number of hydrogen-bond acceptors (Lipinski definition) is 9. The number of aromatic hydroxyl groups is 2. The van der Waals surface area contributed by atoms with E-state index in [1.54, 1.807) is 12.1 Å². The highest BCUT2D eigenvalue weighted by molar-refractivity contribution is 5.94. The van der Waals surface area contributed by atoms with Crippen molar-refractivity contribution in [2.24, 2.45) is 27.9 Å². The summed E-state index contributed by atoms with van der Waals surface area (Å²) in [4.78, 5) is 66.7. The molecular formula is C29H40N8O8. The topological polar surface area (TPSA) is 299 Å². The molecule has 0 saturated heterocycles. The average molecular weight is 629 g/mol. The molecule has 0 saturated carbocycles. The molecule has 0 heterocycles. The third-order valence-corrected chi connectivity index (χ3v) is 6.61. The van der Waals surface area contributed by atoms with Crippen molar-refractivity contribution < 1.29 is 39.3 Å². The summed E-state index contributed by atoms with van der Waals surface area (Å²) in [5.41, 5.74) is 23.1. The van der Waals surface area contributed by atoms with E-state index in [4.69, 9.17) is 22.9 Å². The minimum absolute atomic E-state index is 0.0339. The number of nitrogens with two attached hydrogens (primary N) is 4. The lowest BCUT2D eigenvalue weighted by atomic mass is 10.0. The van der Waals surface area contributed by atoms with Crippen molar-refractivity contribution in [1.82, 2.24) is 16.0 Å². The highest BCUT2D eigenvalue weighted by atomic mass is 16.4. The summed E-state index contributed by atoms with van der Waals surface area (Å²) >= 11 is 0. The van der Waals surface area contributed by atoms with Gasteiger partial charge < -0.3 is 54.2 Å². The summed E-state index contributed by atoms with van der Waals surface area (Å²) in [5, 5.41) is 36.2. The van der Waals surface area contributed by atoms with Crippen LogP contribution in [0.5, 0.6) is 11.5 Å². The van der Waals surface area contributed by atoms with Gasteiger partial charge in [0, 0.05) is 19.4 Å². The fourth-order valence-electron chi connectivity index (χ4n) is 4.20. The molecule has 0 radical (unpaired) electrons. The lowest BCUT2D eigenvalue weighted by molar-refractivity contribution is -0.142. The van der Waals surface area contributed by atoms with E-state index in [1.165, 1.54) is 36.4 Å². The van der Waals surface area contributed by atoms with Gasteiger partial charge in [0.05, 0.1) is 6.04 Å². The van der Waals surface area contributed by atoms with Crippen LogP contribution in [0.4, 0.5) is 0 Å². The summed E-state index contributed by atoms with van der Waals surface area (Å²) < 4.78 is 0. The molecule has 4 atom stereocenters. The van der Waals surface area contributed by atoms with Crippen LogP contribution in [0.25, 0.3) is 0 Å². The fraction of sp³-hybridized carbons (Fsp3) is 0.379. The highest BCUT2D eigenvalue weighted by Gasteiger charge is 2.30. The van der Waals surface area contributed by atoms with Gasteiger partial charge in [-0.15, -0.1) is 0 Å². The number of carboxylic acids is 1. The number of carboxylic acid groups (broad SMARTS) is 1. The number of nitrogens with zero attached hydrogens (tertiary/aromatic N) is 1. The number of carbonyl (C=O) groups is 5. The molecule has 0 fully saturated rings. The Morgan fingerprint density at radius 1 is 0.689 bits per heavy atom. The maximum Gasteiger partial charge on any atom is 0.326 e. The van der Waals surface area contributed by atoms with Gasteiger partial charge in [-0.25, -0.2) is 4.79 Å². The van der Waals surface area contributed by atoms with Crippen molar-refractivity contribution in [3.05, 3.63) is 59.7 Å². The summed E-state index contributed by atoms with van der Waals surface area (Å²) in [6.45, 7) is 0.138. The number of phenols is 2. The van der Waals surface area contributed by atoms with Crippen LogP contribution in [0, 0.1) is 0 Å². The standard InChI is InChI=1S/C29H40N8O8/c30-20(14-16-3-7-18(38)8-4-16)25(41)35-21(2-1-13-34-29(32)33)26(42)37-23(15-17-5-9-19(39)10-6-17)27(43)36-22(28(44)45)11-12-24(31)40/h3-10,20-23,38-39H,1-2,11-15,30H2,(H2,31,40)(H,35,41)(H,36,43)(H,37,42)(H,44,45)(H4,32,33,34). The Bertz CT molecular complexity index is 1350. The third-order valence-electron chi connectivity index (χ3n) is 6.61. The molecule has 0 bridgehead atoms. The lowest BCUT2D eigenvalue weighted by Gasteiger charge is -2.25. The second kappa shape index (κ2) is 17.7. The van der Waals surface area contributed by atoms with E-state index in [9.17, 15) is 39.3 Å². The van der Waals surface area contributed by atoms with E-state index < -0.39 is 53.8 Å². The highest BCUT2D eigenvalue weighted by Crippen LogP contribution is 2.13. The van der Waals surface area contributed by atoms with Crippen molar-refractivity contribution in [2.75, 3.05) is 6.54 Å². The molecule has 2 aromatic carbocycles. The van der Waals surface area contributed by atoms with E-state index >= 15 is 0 Å². The first kappa shape index (κ1) is 35.8. The molecule has 244 valence electrons. The number of rotatable bonds is 18. The number of nitrogens with one attached hydrogen (secondary N) is 3.